The molecule has 0 nitrogen and oxygen atoms in total. The van der Waals surface area contributed by atoms with Crippen LogP contribution in [0.1, 0.15) is 0 Å². The highest BCUT2D eigenvalue weighted by molar-refractivity contribution is 8.22. The van der Waals surface area contributed by atoms with Crippen LogP contribution < -0.4 is 0 Å². The highest BCUT2D eigenvalue weighted by Gasteiger charge is 2.04. The molecule has 0 aliphatic carbocycles. The highest BCUT2D eigenvalue weighted by Crippen LogP contribution is 2.33. The van der Waals surface area contributed by atoms with Crippen molar-refractivity contribution >= 4 is 23.5 Å². The molecule has 0 atom stereocenters. The van der Waals surface area contributed by atoms with Crippen molar-refractivity contribution in [2.24, 2.45) is 0 Å². The van der Waals surface area contributed by atoms with Gasteiger partial charge in [0.1, 0.15) is 0 Å². The van der Waals surface area contributed by atoms with Crippen molar-refractivity contribution in [3.05, 3.63) is 23.5 Å². The van der Waals surface area contributed by atoms with E-state index in [2.05, 4.69) is 17.4 Å². The first-order valence-electron chi connectivity index (χ1n) is 2.02. The van der Waals surface area contributed by atoms with Crippen LogP contribution in [-0.4, -0.2) is 4.58 Å². The zero-order valence-electron chi connectivity index (χ0n) is 3.83. The molecule has 1 aliphatic rings. The normalized spacial score (nSPS) is 20.6. The van der Waals surface area contributed by atoms with E-state index in [1.54, 1.807) is 23.5 Å². The molecule has 0 aromatic rings. The molecule has 0 saturated carbocycles. The average Bonchev–Trinajstić information content (AvgIpc) is 2.14. The molecule has 2 heteroatoms. The van der Waals surface area contributed by atoms with Gasteiger partial charge in [-0.3, -0.25) is 0 Å². The van der Waals surface area contributed by atoms with Gasteiger partial charge in [0.25, 0.3) is 0 Å². The molecule has 0 N–H and O–H groups in total. The summed E-state index contributed by atoms with van der Waals surface area (Å²) in [4.78, 5) is 0. The first-order chi connectivity index (χ1) is 3.43. The first kappa shape index (κ1) is 5.32. The van der Waals surface area contributed by atoms with Crippen molar-refractivity contribution in [3.63, 3.8) is 0 Å². The van der Waals surface area contributed by atoms with E-state index in [0.29, 0.717) is 4.58 Å². The second-order valence-electron chi connectivity index (χ2n) is 1.15. The van der Waals surface area contributed by atoms with Crippen LogP contribution in [0.3, 0.4) is 0 Å². The Kier molecular flexibility index (Phi) is 1.88. The van der Waals surface area contributed by atoms with Crippen molar-refractivity contribution < 1.29 is 0 Å². The van der Waals surface area contributed by atoms with Crippen LogP contribution in [0.2, 0.25) is 0 Å². The highest BCUT2D eigenvalue weighted by atomic mass is 32.2. The molecule has 0 bridgehead atoms. The fourth-order valence-electron chi connectivity index (χ4n) is 0.362. The van der Waals surface area contributed by atoms with Gasteiger partial charge in [0, 0.05) is 0 Å². The minimum atomic E-state index is 0.583. The van der Waals surface area contributed by atoms with Crippen LogP contribution >= 0.6 is 23.5 Å². The summed E-state index contributed by atoms with van der Waals surface area (Å²) >= 11 is 3.61. The lowest BCUT2D eigenvalue weighted by Crippen LogP contribution is -1.78. The topological polar surface area (TPSA) is 0 Å². The van der Waals surface area contributed by atoms with Crippen molar-refractivity contribution in [1.82, 2.24) is 0 Å². The van der Waals surface area contributed by atoms with Gasteiger partial charge >= 0.3 is 0 Å². The van der Waals surface area contributed by atoms with Crippen molar-refractivity contribution in [2.75, 3.05) is 0 Å². The van der Waals surface area contributed by atoms with Crippen LogP contribution in [0, 0.1) is 0 Å². The maximum absolute atomic E-state index is 3.66. The van der Waals surface area contributed by atoms with E-state index < -0.39 is 0 Å². The van der Waals surface area contributed by atoms with Gasteiger partial charge in [0.05, 0.1) is 4.58 Å². The third-order valence-electron chi connectivity index (χ3n) is 0.673. The summed E-state index contributed by atoms with van der Waals surface area (Å²) in [7, 11) is 0. The van der Waals surface area contributed by atoms with Gasteiger partial charge in [-0.2, -0.15) is 0 Å². The molecule has 0 amide bonds. The van der Waals surface area contributed by atoms with Gasteiger partial charge in [-0.25, -0.2) is 0 Å². The predicted molar refractivity (Wildman–Crippen MR) is 38.3 cm³/mol. The molecule has 0 spiro atoms. The Morgan fingerprint density at radius 2 is 2.00 bits per heavy atom. The molecule has 38 valence electrons. The number of hydrogen-bond acceptors (Lipinski definition) is 2. The Balaban J connectivity index is 2.35. The fourth-order valence-corrected chi connectivity index (χ4v) is 2.05. The van der Waals surface area contributed by atoms with Gasteiger partial charge in [-0.1, -0.05) is 6.08 Å². The molecular formula is C5H6S2. The summed E-state index contributed by atoms with van der Waals surface area (Å²) in [6, 6.07) is 0. The van der Waals surface area contributed by atoms with Crippen LogP contribution in [0.4, 0.5) is 0 Å². The van der Waals surface area contributed by atoms with E-state index >= 15 is 0 Å². The van der Waals surface area contributed by atoms with Crippen LogP contribution in [0.25, 0.3) is 0 Å². The van der Waals surface area contributed by atoms with Crippen LogP contribution in [-0.2, 0) is 0 Å². The minimum absolute atomic E-state index is 0.583. The molecule has 1 heterocycles. The summed E-state index contributed by atoms with van der Waals surface area (Å²) in [5, 5.41) is 4.19. The average molecular weight is 130 g/mol. The van der Waals surface area contributed by atoms with E-state index in [1.165, 1.54) is 0 Å². The Morgan fingerprint density at radius 3 is 2.29 bits per heavy atom. The molecule has 0 unspecified atom stereocenters. The zero-order valence-corrected chi connectivity index (χ0v) is 5.47. The third-order valence-corrected chi connectivity index (χ3v) is 3.02. The Labute approximate surface area is 52.1 Å². The Morgan fingerprint density at radius 1 is 1.43 bits per heavy atom. The standard InChI is InChI=1S/C5H6S2/c1-2-5-6-3-4-7-5/h2-5H,1H2. The van der Waals surface area contributed by atoms with E-state index in [-0.39, 0.29) is 0 Å². The number of rotatable bonds is 1. The summed E-state index contributed by atoms with van der Waals surface area (Å²) in [6.45, 7) is 3.66. The monoisotopic (exact) mass is 130 g/mol. The minimum Gasteiger partial charge on any atom is -0.115 e. The third kappa shape index (κ3) is 1.28. The molecule has 7 heavy (non-hydrogen) atoms. The lowest BCUT2D eigenvalue weighted by Gasteiger charge is -1.94. The van der Waals surface area contributed by atoms with E-state index in [0.717, 1.165) is 0 Å². The molecule has 1 rings (SSSR count). The van der Waals surface area contributed by atoms with E-state index in [9.17, 15) is 0 Å². The lowest BCUT2D eigenvalue weighted by molar-refractivity contribution is 1.71. The van der Waals surface area contributed by atoms with Gasteiger partial charge in [0.15, 0.2) is 0 Å². The molecule has 0 aromatic carbocycles. The summed E-state index contributed by atoms with van der Waals surface area (Å²) in [6.07, 6.45) is 1.95. The molecule has 1 aliphatic heterocycles. The molecule has 0 aromatic heterocycles. The number of thioether (sulfide) groups is 2. The van der Waals surface area contributed by atoms with Crippen LogP contribution in [0.5, 0.6) is 0 Å². The second kappa shape index (κ2) is 2.48. The maximum atomic E-state index is 3.66. The van der Waals surface area contributed by atoms with Crippen LogP contribution in [0.15, 0.2) is 23.5 Å². The lowest BCUT2D eigenvalue weighted by atomic mass is 10.8. The largest absolute Gasteiger partial charge is 0.115 e. The van der Waals surface area contributed by atoms with Gasteiger partial charge < -0.3 is 0 Å². The SMILES string of the molecule is C=CC1SC=CS1. The summed E-state index contributed by atoms with van der Waals surface area (Å²) < 4.78 is 0.583. The van der Waals surface area contributed by atoms with Crippen molar-refractivity contribution in [1.29, 1.82) is 0 Å². The van der Waals surface area contributed by atoms with Gasteiger partial charge in [-0.05, 0) is 10.8 Å². The Bertz CT molecular complexity index is 88.3. The first-order valence-corrected chi connectivity index (χ1v) is 3.90. The Hall–Kier alpha value is 0.180. The van der Waals surface area contributed by atoms with Crippen molar-refractivity contribution in [2.45, 2.75) is 4.58 Å². The van der Waals surface area contributed by atoms with E-state index in [1.807, 2.05) is 6.08 Å². The van der Waals surface area contributed by atoms with Crippen molar-refractivity contribution in [3.8, 4) is 0 Å². The quantitative estimate of drug-likeness (QED) is 0.500. The zero-order chi connectivity index (χ0) is 5.11. The number of hydrogen-bond donors (Lipinski definition) is 0. The maximum Gasteiger partial charge on any atom is 0.0762 e. The molecule has 0 saturated heterocycles. The molecule has 0 fully saturated rings. The summed E-state index contributed by atoms with van der Waals surface area (Å²) in [5.41, 5.74) is 0. The molecular weight excluding hydrogens is 124 g/mol. The van der Waals surface area contributed by atoms with Gasteiger partial charge in [-0.15, -0.1) is 30.1 Å². The fraction of sp³-hybridized carbons (Fsp3) is 0.200. The smallest absolute Gasteiger partial charge is 0.0762 e. The second-order valence-corrected chi connectivity index (χ2v) is 3.55. The predicted octanol–water partition coefficient (Wildman–Crippen LogP) is 2.45. The molecule has 0 radical (unpaired) electrons. The van der Waals surface area contributed by atoms with E-state index in [4.69, 9.17) is 0 Å². The summed E-state index contributed by atoms with van der Waals surface area (Å²) in [5.74, 6) is 0. The van der Waals surface area contributed by atoms with Gasteiger partial charge in [0.2, 0.25) is 0 Å².